The maximum absolute atomic E-state index is 14.2. The van der Waals surface area contributed by atoms with E-state index in [9.17, 15) is 9.18 Å². The van der Waals surface area contributed by atoms with E-state index < -0.39 is 5.82 Å². The number of carbonyl (C=O) groups excluding carboxylic acids is 1. The zero-order chi connectivity index (χ0) is 19.5. The predicted octanol–water partition coefficient (Wildman–Crippen LogP) is 5.19. The maximum Gasteiger partial charge on any atom is 0.230 e. The van der Waals surface area contributed by atoms with Gasteiger partial charge in [-0.3, -0.25) is 4.79 Å². The van der Waals surface area contributed by atoms with E-state index in [0.29, 0.717) is 33.8 Å². The molecule has 0 unspecified atom stereocenters. The van der Waals surface area contributed by atoms with Crippen molar-refractivity contribution in [2.75, 3.05) is 5.32 Å². The number of nitrogens with zero attached hydrogens (tertiary/aromatic N) is 2. The van der Waals surface area contributed by atoms with Crippen molar-refractivity contribution in [2.24, 2.45) is 0 Å². The molecule has 4 aromatic rings. The summed E-state index contributed by atoms with van der Waals surface area (Å²) in [6, 6.07) is 20.7. The second kappa shape index (κ2) is 7.44. The summed E-state index contributed by atoms with van der Waals surface area (Å²) in [5, 5.41) is 3.41. The van der Waals surface area contributed by atoms with Gasteiger partial charge in [-0.15, -0.1) is 0 Å². The Morgan fingerprint density at radius 1 is 0.964 bits per heavy atom. The van der Waals surface area contributed by atoms with Crippen LogP contribution in [0.25, 0.3) is 22.3 Å². The highest BCUT2D eigenvalue weighted by atomic mass is 19.1. The fourth-order valence-corrected chi connectivity index (χ4v) is 2.84. The van der Waals surface area contributed by atoms with Gasteiger partial charge in [-0.1, -0.05) is 30.3 Å². The third kappa shape index (κ3) is 3.66. The van der Waals surface area contributed by atoms with Gasteiger partial charge in [0.2, 0.25) is 11.8 Å². The summed E-state index contributed by atoms with van der Waals surface area (Å²) in [4.78, 5) is 20.2. The van der Waals surface area contributed by atoms with Crippen molar-refractivity contribution >= 4 is 22.5 Å². The van der Waals surface area contributed by atoms with Crippen LogP contribution >= 0.6 is 0 Å². The molecule has 1 heterocycles. The van der Waals surface area contributed by atoms with Gasteiger partial charge >= 0.3 is 0 Å². The molecular weight excluding hydrogens is 357 g/mol. The normalized spacial score (nSPS) is 10.6. The van der Waals surface area contributed by atoms with Crippen LogP contribution in [0, 0.1) is 5.82 Å². The molecule has 0 atom stereocenters. The number of carbonyl (C=O) groups is 1. The van der Waals surface area contributed by atoms with E-state index >= 15 is 0 Å². The lowest BCUT2D eigenvalue weighted by molar-refractivity contribution is -0.114. The largest absolute Gasteiger partial charge is 0.438 e. The minimum Gasteiger partial charge on any atom is -0.438 e. The van der Waals surface area contributed by atoms with Crippen molar-refractivity contribution in [1.29, 1.82) is 0 Å². The molecule has 4 rings (SSSR count). The van der Waals surface area contributed by atoms with Gasteiger partial charge in [-0.05, 0) is 36.4 Å². The third-order valence-corrected chi connectivity index (χ3v) is 4.05. The maximum atomic E-state index is 14.2. The summed E-state index contributed by atoms with van der Waals surface area (Å²) in [6.45, 7) is 1.44. The Hall–Kier alpha value is -3.80. The molecule has 6 heteroatoms. The first kappa shape index (κ1) is 17.6. The molecule has 0 aliphatic rings. The predicted molar refractivity (Wildman–Crippen MR) is 106 cm³/mol. The van der Waals surface area contributed by atoms with Gasteiger partial charge in [0, 0.05) is 18.7 Å². The van der Waals surface area contributed by atoms with Gasteiger partial charge in [-0.2, -0.15) is 4.98 Å². The summed E-state index contributed by atoms with van der Waals surface area (Å²) < 4.78 is 20.2. The topological polar surface area (TPSA) is 64.1 Å². The van der Waals surface area contributed by atoms with E-state index in [0.717, 1.165) is 0 Å². The highest BCUT2D eigenvalue weighted by Crippen LogP contribution is 2.31. The van der Waals surface area contributed by atoms with E-state index in [4.69, 9.17) is 4.74 Å². The van der Waals surface area contributed by atoms with E-state index in [1.807, 2.05) is 24.3 Å². The number of hydrogen-bond donors (Lipinski definition) is 1. The van der Waals surface area contributed by atoms with Gasteiger partial charge in [-0.25, -0.2) is 9.37 Å². The molecule has 28 heavy (non-hydrogen) atoms. The SMILES string of the molecule is CC(=O)Nc1cccc(Oc2nc(-c3ccccc3F)nc3ccccc23)c1. The van der Waals surface area contributed by atoms with Crippen LogP contribution in [0.4, 0.5) is 10.1 Å². The lowest BCUT2D eigenvalue weighted by Crippen LogP contribution is -2.05. The zero-order valence-electron chi connectivity index (χ0n) is 15.0. The van der Waals surface area contributed by atoms with E-state index in [2.05, 4.69) is 15.3 Å². The Morgan fingerprint density at radius 2 is 1.75 bits per heavy atom. The highest BCUT2D eigenvalue weighted by molar-refractivity contribution is 5.89. The van der Waals surface area contributed by atoms with E-state index in [1.165, 1.54) is 13.0 Å². The molecule has 0 aliphatic heterocycles. The summed E-state index contributed by atoms with van der Waals surface area (Å²) in [5.41, 5.74) is 1.55. The molecular formula is C22H16FN3O2. The number of aromatic nitrogens is 2. The second-order valence-electron chi connectivity index (χ2n) is 6.16. The number of rotatable bonds is 4. The Morgan fingerprint density at radius 3 is 2.57 bits per heavy atom. The number of anilines is 1. The van der Waals surface area contributed by atoms with Crippen molar-refractivity contribution in [3.8, 4) is 23.0 Å². The number of benzene rings is 3. The highest BCUT2D eigenvalue weighted by Gasteiger charge is 2.14. The van der Waals surface area contributed by atoms with Crippen LogP contribution in [-0.2, 0) is 4.79 Å². The van der Waals surface area contributed by atoms with E-state index in [-0.39, 0.29) is 11.7 Å². The average Bonchev–Trinajstić information content (AvgIpc) is 2.68. The van der Waals surface area contributed by atoms with Crippen LogP contribution in [0.2, 0.25) is 0 Å². The number of ether oxygens (including phenoxy) is 1. The Labute approximate surface area is 160 Å². The molecule has 0 fully saturated rings. The molecule has 138 valence electrons. The number of para-hydroxylation sites is 1. The van der Waals surface area contributed by atoms with Gasteiger partial charge in [0.25, 0.3) is 0 Å². The van der Waals surface area contributed by atoms with Gasteiger partial charge in [0.05, 0.1) is 16.5 Å². The van der Waals surface area contributed by atoms with Crippen LogP contribution < -0.4 is 10.1 Å². The first-order valence-corrected chi connectivity index (χ1v) is 8.67. The van der Waals surface area contributed by atoms with Crippen molar-refractivity contribution in [3.63, 3.8) is 0 Å². The lowest BCUT2D eigenvalue weighted by atomic mass is 10.2. The number of hydrogen-bond acceptors (Lipinski definition) is 4. The van der Waals surface area contributed by atoms with Crippen molar-refractivity contribution in [1.82, 2.24) is 9.97 Å². The molecule has 0 bridgehead atoms. The molecule has 3 aromatic carbocycles. The third-order valence-electron chi connectivity index (χ3n) is 4.05. The minimum atomic E-state index is -0.406. The Balaban J connectivity index is 1.80. The monoisotopic (exact) mass is 373 g/mol. The number of nitrogens with one attached hydrogen (secondary N) is 1. The van der Waals surface area contributed by atoms with Crippen LogP contribution in [-0.4, -0.2) is 15.9 Å². The second-order valence-corrected chi connectivity index (χ2v) is 6.16. The fraction of sp³-hybridized carbons (Fsp3) is 0.0455. The Kier molecular flexibility index (Phi) is 4.68. The number of fused-ring (bicyclic) bond motifs is 1. The molecule has 5 nitrogen and oxygen atoms in total. The molecule has 1 amide bonds. The standard InChI is InChI=1S/C22H16FN3O2/c1-14(27)24-15-7-6-8-16(13-15)28-22-18-10-3-5-12-20(18)25-21(26-22)17-9-2-4-11-19(17)23/h2-13H,1H3,(H,24,27). The molecule has 0 aliphatic carbocycles. The molecule has 0 spiro atoms. The van der Waals surface area contributed by atoms with E-state index in [1.54, 1.807) is 42.5 Å². The Bertz CT molecular complexity index is 1180. The number of amides is 1. The smallest absolute Gasteiger partial charge is 0.230 e. The summed E-state index contributed by atoms with van der Waals surface area (Å²) in [7, 11) is 0. The van der Waals surface area contributed by atoms with Crippen LogP contribution in [0.15, 0.2) is 72.8 Å². The average molecular weight is 373 g/mol. The summed E-state index contributed by atoms with van der Waals surface area (Å²) in [6.07, 6.45) is 0. The molecule has 0 saturated carbocycles. The van der Waals surface area contributed by atoms with Crippen LogP contribution in [0.5, 0.6) is 11.6 Å². The molecule has 1 aromatic heterocycles. The van der Waals surface area contributed by atoms with Gasteiger partial charge in [0.1, 0.15) is 11.6 Å². The van der Waals surface area contributed by atoms with Gasteiger partial charge < -0.3 is 10.1 Å². The zero-order valence-corrected chi connectivity index (χ0v) is 15.0. The minimum absolute atomic E-state index is 0.175. The molecule has 1 N–H and O–H groups in total. The van der Waals surface area contributed by atoms with Crippen molar-refractivity contribution in [3.05, 3.63) is 78.6 Å². The van der Waals surface area contributed by atoms with Crippen LogP contribution in [0.1, 0.15) is 6.92 Å². The first-order chi connectivity index (χ1) is 13.6. The number of halogens is 1. The fourth-order valence-electron chi connectivity index (χ4n) is 2.84. The van der Waals surface area contributed by atoms with Crippen molar-refractivity contribution in [2.45, 2.75) is 6.92 Å². The quantitative estimate of drug-likeness (QED) is 0.535. The van der Waals surface area contributed by atoms with Gasteiger partial charge in [0.15, 0.2) is 5.82 Å². The summed E-state index contributed by atoms with van der Waals surface area (Å²) in [5.74, 6) is 0.464. The molecule has 0 saturated heterocycles. The molecule has 0 radical (unpaired) electrons. The lowest BCUT2D eigenvalue weighted by Gasteiger charge is -2.11. The van der Waals surface area contributed by atoms with Crippen LogP contribution in [0.3, 0.4) is 0 Å². The first-order valence-electron chi connectivity index (χ1n) is 8.67. The summed E-state index contributed by atoms with van der Waals surface area (Å²) >= 11 is 0. The van der Waals surface area contributed by atoms with Crippen molar-refractivity contribution < 1.29 is 13.9 Å².